The maximum Gasteiger partial charge on any atom is 0.228 e. The third kappa shape index (κ3) is 3.30. The molecule has 0 fully saturated rings. The van der Waals surface area contributed by atoms with Gasteiger partial charge in [0.2, 0.25) is 15.3 Å². The van der Waals surface area contributed by atoms with Gasteiger partial charge in [-0.25, -0.2) is 8.42 Å². The molecule has 3 aromatic carbocycles. The molecule has 0 aliphatic carbocycles. The van der Waals surface area contributed by atoms with Gasteiger partial charge < -0.3 is 9.72 Å². The van der Waals surface area contributed by atoms with Gasteiger partial charge in [-0.05, 0) is 24.3 Å². The van der Waals surface area contributed by atoms with Gasteiger partial charge >= 0.3 is 0 Å². The zero-order chi connectivity index (χ0) is 19.6. The van der Waals surface area contributed by atoms with Crippen molar-refractivity contribution in [2.24, 2.45) is 0 Å². The number of aromatic amines is 1. The van der Waals surface area contributed by atoms with E-state index in [1.165, 1.54) is 0 Å². The van der Waals surface area contributed by atoms with Crippen molar-refractivity contribution in [3.8, 4) is 5.75 Å². The normalized spacial score (nSPS) is 12.6. The average molecular weight is 391 g/mol. The lowest BCUT2D eigenvalue weighted by Gasteiger charge is -2.20. The van der Waals surface area contributed by atoms with Gasteiger partial charge in [0.25, 0.3) is 0 Å². The smallest absolute Gasteiger partial charge is 0.228 e. The van der Waals surface area contributed by atoms with Crippen molar-refractivity contribution in [1.29, 1.82) is 0 Å². The van der Waals surface area contributed by atoms with Gasteiger partial charge in [-0.3, -0.25) is 4.79 Å². The number of hydrogen-bond donors (Lipinski definition) is 1. The van der Waals surface area contributed by atoms with Gasteiger partial charge in [-0.2, -0.15) is 0 Å². The molecule has 0 aliphatic heterocycles. The zero-order valence-corrected chi connectivity index (χ0v) is 15.6. The number of H-pyrrole nitrogens is 1. The molecule has 4 rings (SSSR count). The molecule has 0 bridgehead atoms. The molecule has 0 radical (unpaired) electrons. The summed E-state index contributed by atoms with van der Waals surface area (Å²) >= 11 is 0. The highest BCUT2D eigenvalue weighted by molar-refractivity contribution is 7.91. The van der Waals surface area contributed by atoms with Gasteiger partial charge in [-0.15, -0.1) is 0 Å². The number of aromatic nitrogens is 1. The molecule has 1 heterocycles. The number of rotatable bonds is 6. The summed E-state index contributed by atoms with van der Waals surface area (Å²) in [5.74, 6) is 0.389. The number of fused-ring (bicyclic) bond motifs is 1. The van der Waals surface area contributed by atoms with Gasteiger partial charge in [0, 0.05) is 34.3 Å². The molecule has 1 N–H and O–H groups in total. The van der Waals surface area contributed by atoms with E-state index in [4.69, 9.17) is 4.74 Å². The minimum absolute atomic E-state index is 0.188. The average Bonchev–Trinajstić information content (AvgIpc) is 3.15. The van der Waals surface area contributed by atoms with Crippen molar-refractivity contribution in [3.63, 3.8) is 0 Å². The van der Waals surface area contributed by atoms with Crippen LogP contribution in [0, 0.1) is 0 Å². The van der Waals surface area contributed by atoms with Crippen LogP contribution in [0.4, 0.5) is 0 Å². The second-order valence-corrected chi connectivity index (χ2v) is 8.28. The van der Waals surface area contributed by atoms with Crippen LogP contribution in [-0.4, -0.2) is 19.7 Å². The van der Waals surface area contributed by atoms with Crippen molar-refractivity contribution in [2.45, 2.75) is 10.3 Å². The lowest BCUT2D eigenvalue weighted by molar-refractivity contribution is 0.112. The Kier molecular flexibility index (Phi) is 4.71. The van der Waals surface area contributed by atoms with Gasteiger partial charge in [0.1, 0.15) is 5.75 Å². The molecule has 4 aromatic rings. The number of ether oxygens (including phenoxy) is 1. The van der Waals surface area contributed by atoms with Crippen molar-refractivity contribution in [1.82, 2.24) is 4.98 Å². The fourth-order valence-electron chi connectivity index (χ4n) is 3.08. The minimum Gasteiger partial charge on any atom is -0.469 e. The van der Waals surface area contributed by atoms with Crippen molar-refractivity contribution < 1.29 is 17.9 Å². The van der Waals surface area contributed by atoms with Crippen LogP contribution in [0.2, 0.25) is 0 Å². The first-order valence-electron chi connectivity index (χ1n) is 8.66. The Hall–Kier alpha value is -3.38. The molecule has 0 saturated carbocycles. The maximum atomic E-state index is 13.3. The van der Waals surface area contributed by atoms with E-state index in [1.54, 1.807) is 79.0 Å². The first kappa shape index (κ1) is 18.0. The largest absolute Gasteiger partial charge is 0.469 e. The van der Waals surface area contributed by atoms with Crippen LogP contribution in [0.15, 0.2) is 90.0 Å². The van der Waals surface area contributed by atoms with Crippen LogP contribution in [0.3, 0.4) is 0 Å². The quantitative estimate of drug-likeness (QED) is 0.490. The number of nitrogens with one attached hydrogen (secondary N) is 1. The Bertz CT molecular complexity index is 1220. The number of aldehydes is 1. The van der Waals surface area contributed by atoms with E-state index in [2.05, 4.69) is 4.98 Å². The van der Waals surface area contributed by atoms with E-state index in [1.807, 2.05) is 6.07 Å². The lowest BCUT2D eigenvalue weighted by Crippen LogP contribution is -2.19. The van der Waals surface area contributed by atoms with Crippen LogP contribution in [0.25, 0.3) is 10.9 Å². The summed E-state index contributed by atoms with van der Waals surface area (Å²) < 4.78 is 32.5. The summed E-state index contributed by atoms with van der Waals surface area (Å²) in [6, 6.07) is 22.2. The molecular weight excluding hydrogens is 374 g/mol. The van der Waals surface area contributed by atoms with E-state index in [0.717, 1.165) is 11.7 Å². The molecule has 1 atom stereocenters. The summed E-state index contributed by atoms with van der Waals surface area (Å²) in [4.78, 5) is 14.3. The Balaban J connectivity index is 1.78. The highest BCUT2D eigenvalue weighted by atomic mass is 32.2. The molecule has 0 saturated heterocycles. The third-order valence-corrected chi connectivity index (χ3v) is 6.34. The summed E-state index contributed by atoms with van der Waals surface area (Å²) in [5, 5.41) is 0.754. The molecule has 28 heavy (non-hydrogen) atoms. The fraction of sp³-hybridized carbons (Fsp3) is 0.0455. The van der Waals surface area contributed by atoms with Gasteiger partial charge in [0.15, 0.2) is 6.29 Å². The Morgan fingerprint density at radius 1 is 0.893 bits per heavy atom. The van der Waals surface area contributed by atoms with Crippen molar-refractivity contribution >= 4 is 27.0 Å². The van der Waals surface area contributed by atoms with Crippen LogP contribution < -0.4 is 4.74 Å². The van der Waals surface area contributed by atoms with E-state index in [9.17, 15) is 13.2 Å². The van der Waals surface area contributed by atoms with E-state index in [0.29, 0.717) is 22.4 Å². The van der Waals surface area contributed by atoms with E-state index < -0.39 is 15.3 Å². The summed E-state index contributed by atoms with van der Waals surface area (Å²) in [7, 11) is -3.79. The summed E-state index contributed by atoms with van der Waals surface area (Å²) in [6.07, 6.45) is 2.38. The minimum atomic E-state index is -3.79. The van der Waals surface area contributed by atoms with Crippen LogP contribution >= 0.6 is 0 Å². The standard InChI is InChI=1S/C22H17NO4S/c24-15-17-14-23-21-13-18(11-12-20(17)21)27-22(16-7-3-1-4-8-16)28(25,26)19-9-5-2-6-10-19/h1-15,22-23H. The molecule has 0 spiro atoms. The number of carbonyl (C=O) groups is 1. The molecule has 1 unspecified atom stereocenters. The van der Waals surface area contributed by atoms with Crippen molar-refractivity contribution in [3.05, 3.63) is 96.2 Å². The van der Waals surface area contributed by atoms with E-state index >= 15 is 0 Å². The number of hydrogen-bond acceptors (Lipinski definition) is 4. The number of sulfone groups is 1. The molecule has 0 aliphatic rings. The zero-order valence-electron chi connectivity index (χ0n) is 14.8. The predicted octanol–water partition coefficient (Wildman–Crippen LogP) is 4.53. The van der Waals surface area contributed by atoms with Gasteiger partial charge in [-0.1, -0.05) is 48.5 Å². The second kappa shape index (κ2) is 7.32. The molecule has 1 aromatic heterocycles. The summed E-state index contributed by atoms with van der Waals surface area (Å²) in [6.45, 7) is 0. The SMILES string of the molecule is O=Cc1c[nH]c2cc(OC(c3ccccc3)S(=O)(=O)c3ccccc3)ccc12. The molecule has 5 nitrogen and oxygen atoms in total. The Morgan fingerprint density at radius 3 is 2.25 bits per heavy atom. The third-order valence-electron chi connectivity index (χ3n) is 4.48. The molecule has 0 amide bonds. The number of benzene rings is 3. The predicted molar refractivity (Wildman–Crippen MR) is 107 cm³/mol. The maximum absolute atomic E-state index is 13.3. The molecular formula is C22H17NO4S. The topological polar surface area (TPSA) is 76.2 Å². The lowest BCUT2D eigenvalue weighted by atomic mass is 10.2. The molecule has 140 valence electrons. The summed E-state index contributed by atoms with van der Waals surface area (Å²) in [5.41, 5.74) is 0.571. The van der Waals surface area contributed by atoms with Crippen molar-refractivity contribution in [2.75, 3.05) is 0 Å². The monoisotopic (exact) mass is 391 g/mol. The van der Waals surface area contributed by atoms with Gasteiger partial charge in [0.05, 0.1) is 4.90 Å². The second-order valence-electron chi connectivity index (χ2n) is 6.29. The van der Waals surface area contributed by atoms with Crippen LogP contribution in [0.1, 0.15) is 21.4 Å². The fourth-order valence-corrected chi connectivity index (χ4v) is 4.61. The highest BCUT2D eigenvalue weighted by Crippen LogP contribution is 2.33. The molecule has 6 heteroatoms. The van der Waals surface area contributed by atoms with E-state index in [-0.39, 0.29) is 4.90 Å². The van der Waals surface area contributed by atoms with Crippen LogP contribution in [-0.2, 0) is 9.84 Å². The Morgan fingerprint density at radius 2 is 1.57 bits per heavy atom. The first-order chi connectivity index (χ1) is 13.6. The Labute approximate surface area is 162 Å². The highest BCUT2D eigenvalue weighted by Gasteiger charge is 2.31. The van der Waals surface area contributed by atoms with Crippen LogP contribution in [0.5, 0.6) is 5.75 Å². The number of carbonyl (C=O) groups excluding carboxylic acids is 1. The first-order valence-corrected chi connectivity index (χ1v) is 10.2.